The Balaban J connectivity index is 4.39. The third-order valence-corrected chi connectivity index (χ3v) is 2.33. The summed E-state index contributed by atoms with van der Waals surface area (Å²) < 4.78 is 5.35. The first-order chi connectivity index (χ1) is 5.99. The van der Waals surface area contributed by atoms with Gasteiger partial charge in [0.25, 0.3) is 0 Å². The Morgan fingerprint density at radius 1 is 1.54 bits per heavy atom. The van der Waals surface area contributed by atoms with Crippen molar-refractivity contribution >= 4 is 6.72 Å². The zero-order valence-corrected chi connectivity index (χ0v) is 9.50. The summed E-state index contributed by atoms with van der Waals surface area (Å²) in [5.74, 6) is 0. The number of hydrogen-bond donors (Lipinski definition) is 0. The molecule has 1 atom stereocenters. The molecule has 1 unspecified atom stereocenters. The van der Waals surface area contributed by atoms with Gasteiger partial charge < -0.3 is 4.74 Å². The first kappa shape index (κ1) is 12.4. The molecule has 0 rings (SSSR count). The van der Waals surface area contributed by atoms with Gasteiger partial charge in [0.2, 0.25) is 0 Å². The van der Waals surface area contributed by atoms with Gasteiger partial charge in [0, 0.05) is 19.9 Å². The minimum atomic E-state index is -0.365. The predicted octanol–water partition coefficient (Wildman–Crippen LogP) is 2.48. The van der Waals surface area contributed by atoms with Crippen molar-refractivity contribution in [3.8, 4) is 0 Å². The van der Waals surface area contributed by atoms with Gasteiger partial charge in [-0.15, -0.1) is 0 Å². The maximum Gasteiger partial charge on any atom is 0.150 e. The Kier molecular flexibility index (Phi) is 4.99. The molecule has 0 aliphatic carbocycles. The van der Waals surface area contributed by atoms with Crippen LogP contribution in [0.25, 0.3) is 0 Å². The highest BCUT2D eigenvalue weighted by atomic mass is 16.5. The van der Waals surface area contributed by atoms with Crippen LogP contribution in [0.5, 0.6) is 0 Å². The van der Waals surface area contributed by atoms with E-state index >= 15 is 0 Å². The van der Waals surface area contributed by atoms with E-state index in [1.54, 1.807) is 7.11 Å². The molecule has 0 bridgehead atoms. The molecule has 0 heterocycles. The monoisotopic (exact) mass is 186 g/mol. The van der Waals surface area contributed by atoms with Gasteiger partial charge >= 0.3 is 0 Å². The van der Waals surface area contributed by atoms with Crippen molar-refractivity contribution in [2.45, 2.75) is 52.3 Å². The van der Waals surface area contributed by atoms with Crippen LogP contribution in [0.3, 0.4) is 0 Å². The summed E-state index contributed by atoms with van der Waals surface area (Å²) in [6.07, 6.45) is 2.25. The van der Waals surface area contributed by atoms with Crippen LogP contribution in [-0.2, 0) is 4.74 Å². The average molecular weight is 186 g/mol. The smallest absolute Gasteiger partial charge is 0.150 e. The van der Waals surface area contributed by atoms with Gasteiger partial charge in [-0.2, -0.15) is 5.10 Å². The molecule has 0 saturated carbocycles. The van der Waals surface area contributed by atoms with Crippen molar-refractivity contribution in [3.05, 3.63) is 0 Å². The fraction of sp³-hybridized carbons (Fsp3) is 0.900. The van der Waals surface area contributed by atoms with Gasteiger partial charge in [0.1, 0.15) is 0 Å². The zero-order chi connectivity index (χ0) is 10.5. The van der Waals surface area contributed by atoms with Crippen molar-refractivity contribution in [2.24, 2.45) is 5.10 Å². The summed E-state index contributed by atoms with van der Waals surface area (Å²) in [5, 5.41) is 5.92. The molecule has 0 saturated heterocycles. The maximum absolute atomic E-state index is 5.35. The number of hydrogen-bond acceptors (Lipinski definition) is 3. The highest BCUT2D eigenvalue weighted by Crippen LogP contribution is 2.20. The second kappa shape index (κ2) is 5.22. The molecule has 0 aromatic heterocycles. The molecule has 0 aliphatic heterocycles. The number of hydrazone groups is 1. The van der Waals surface area contributed by atoms with Gasteiger partial charge in [-0.25, -0.2) is 0 Å². The normalized spacial score (nSPS) is 13.9. The van der Waals surface area contributed by atoms with E-state index in [4.69, 9.17) is 4.74 Å². The molecular formula is C10H22N2O. The third kappa shape index (κ3) is 3.35. The molecule has 0 amide bonds. The van der Waals surface area contributed by atoms with Gasteiger partial charge in [-0.05, 0) is 27.2 Å². The maximum atomic E-state index is 5.35. The van der Waals surface area contributed by atoms with E-state index in [0.29, 0.717) is 6.04 Å². The summed E-state index contributed by atoms with van der Waals surface area (Å²) >= 11 is 0. The molecule has 3 nitrogen and oxygen atoms in total. The Morgan fingerprint density at radius 2 is 2.08 bits per heavy atom. The fourth-order valence-corrected chi connectivity index (χ4v) is 1.47. The lowest BCUT2D eigenvalue weighted by Gasteiger charge is -2.38. The number of nitrogens with zero attached hydrogens (tertiary/aromatic N) is 2. The summed E-state index contributed by atoms with van der Waals surface area (Å²) in [4.78, 5) is 0. The SMILES string of the molecule is C=NN(C(C)CCC)C(C)(C)OC. The van der Waals surface area contributed by atoms with Crippen molar-refractivity contribution in [1.29, 1.82) is 0 Å². The largest absolute Gasteiger partial charge is 0.358 e. The Bertz CT molecular complexity index is 157. The molecule has 0 aromatic rings. The second-order valence-corrected chi connectivity index (χ2v) is 3.77. The minimum absolute atomic E-state index is 0.365. The first-order valence-electron chi connectivity index (χ1n) is 4.80. The van der Waals surface area contributed by atoms with Crippen LogP contribution >= 0.6 is 0 Å². The fourth-order valence-electron chi connectivity index (χ4n) is 1.47. The van der Waals surface area contributed by atoms with E-state index in [-0.39, 0.29) is 5.72 Å². The Morgan fingerprint density at radius 3 is 2.38 bits per heavy atom. The lowest BCUT2D eigenvalue weighted by atomic mass is 10.1. The van der Waals surface area contributed by atoms with Crippen LogP contribution in [0.4, 0.5) is 0 Å². The van der Waals surface area contributed by atoms with Gasteiger partial charge in [-0.3, -0.25) is 5.01 Å². The lowest BCUT2D eigenvalue weighted by Crippen LogP contribution is -2.46. The third-order valence-electron chi connectivity index (χ3n) is 2.33. The highest BCUT2D eigenvalue weighted by Gasteiger charge is 2.28. The second-order valence-electron chi connectivity index (χ2n) is 3.77. The highest BCUT2D eigenvalue weighted by molar-refractivity contribution is 5.22. The van der Waals surface area contributed by atoms with E-state index in [0.717, 1.165) is 12.8 Å². The molecule has 0 radical (unpaired) electrons. The molecule has 0 aliphatic rings. The quantitative estimate of drug-likeness (QED) is 0.361. The summed E-state index contributed by atoms with van der Waals surface area (Å²) in [6, 6.07) is 0.373. The van der Waals surface area contributed by atoms with Crippen LogP contribution in [0.15, 0.2) is 5.10 Å². The van der Waals surface area contributed by atoms with Crippen molar-refractivity contribution in [1.82, 2.24) is 5.01 Å². The molecule has 0 spiro atoms. The van der Waals surface area contributed by atoms with E-state index in [1.807, 2.05) is 18.9 Å². The van der Waals surface area contributed by atoms with Crippen LogP contribution in [0.2, 0.25) is 0 Å². The van der Waals surface area contributed by atoms with Crippen molar-refractivity contribution in [2.75, 3.05) is 7.11 Å². The summed E-state index contributed by atoms with van der Waals surface area (Å²) in [6.45, 7) is 11.9. The Hall–Kier alpha value is -0.570. The van der Waals surface area contributed by atoms with Crippen LogP contribution in [-0.4, -0.2) is 30.6 Å². The summed E-state index contributed by atoms with van der Waals surface area (Å²) in [5.41, 5.74) is -0.365. The molecule has 0 fully saturated rings. The van der Waals surface area contributed by atoms with Crippen LogP contribution in [0, 0.1) is 0 Å². The van der Waals surface area contributed by atoms with Gasteiger partial charge in [-0.1, -0.05) is 13.3 Å². The topological polar surface area (TPSA) is 24.8 Å². The van der Waals surface area contributed by atoms with Crippen LogP contribution < -0.4 is 0 Å². The number of ether oxygens (including phenoxy) is 1. The predicted molar refractivity (Wildman–Crippen MR) is 56.8 cm³/mol. The molecule has 3 heteroatoms. The van der Waals surface area contributed by atoms with E-state index in [2.05, 4.69) is 25.7 Å². The standard InChI is InChI=1S/C10H22N2O/c1-7-8-9(2)12(11-5)10(3,4)13-6/h9H,5,7-8H2,1-4,6H3. The lowest BCUT2D eigenvalue weighted by molar-refractivity contribution is -0.125. The van der Waals surface area contributed by atoms with Crippen LogP contribution in [0.1, 0.15) is 40.5 Å². The molecule has 13 heavy (non-hydrogen) atoms. The first-order valence-corrected chi connectivity index (χ1v) is 4.80. The van der Waals surface area contributed by atoms with Crippen molar-refractivity contribution in [3.63, 3.8) is 0 Å². The Labute approximate surface area is 81.8 Å². The molecule has 0 aromatic carbocycles. The van der Waals surface area contributed by atoms with E-state index in [1.165, 1.54) is 0 Å². The van der Waals surface area contributed by atoms with Gasteiger partial charge in [0.05, 0.1) is 0 Å². The van der Waals surface area contributed by atoms with Gasteiger partial charge in [0.15, 0.2) is 5.72 Å². The zero-order valence-electron chi connectivity index (χ0n) is 9.50. The molecular weight excluding hydrogens is 164 g/mol. The average Bonchev–Trinajstić information content (AvgIpc) is 2.05. The number of rotatable bonds is 6. The number of methoxy groups -OCH3 is 1. The van der Waals surface area contributed by atoms with E-state index in [9.17, 15) is 0 Å². The molecule has 0 N–H and O–H groups in total. The molecule has 78 valence electrons. The minimum Gasteiger partial charge on any atom is -0.358 e. The van der Waals surface area contributed by atoms with E-state index < -0.39 is 0 Å². The van der Waals surface area contributed by atoms with Crippen molar-refractivity contribution < 1.29 is 4.74 Å². The summed E-state index contributed by atoms with van der Waals surface area (Å²) in [7, 11) is 1.69.